The zero-order valence-corrected chi connectivity index (χ0v) is 10.2. The van der Waals surface area contributed by atoms with Crippen molar-refractivity contribution in [1.82, 2.24) is 0 Å². The molecule has 4 heteroatoms. The van der Waals surface area contributed by atoms with Crippen LogP contribution in [0.1, 0.15) is 31.4 Å². The number of nitrogens with two attached hydrogens (primary N) is 1. The minimum atomic E-state index is -0.411. The molecule has 17 heavy (non-hydrogen) atoms. The van der Waals surface area contributed by atoms with Crippen molar-refractivity contribution in [1.29, 1.82) is 0 Å². The van der Waals surface area contributed by atoms with Gasteiger partial charge < -0.3 is 15.2 Å². The van der Waals surface area contributed by atoms with Crippen LogP contribution >= 0.6 is 0 Å². The number of hydrogen-bond donors (Lipinski definition) is 1. The Labute approximate surface area is 101 Å². The van der Waals surface area contributed by atoms with Gasteiger partial charge in [-0.15, -0.1) is 0 Å². The van der Waals surface area contributed by atoms with Crippen molar-refractivity contribution >= 4 is 0 Å². The Morgan fingerprint density at radius 2 is 2.24 bits per heavy atom. The van der Waals surface area contributed by atoms with E-state index in [0.717, 1.165) is 12.8 Å². The highest BCUT2D eigenvalue weighted by molar-refractivity contribution is 5.31. The van der Waals surface area contributed by atoms with Crippen molar-refractivity contribution in [3.63, 3.8) is 0 Å². The van der Waals surface area contributed by atoms with Gasteiger partial charge in [-0.1, -0.05) is 6.07 Å². The van der Waals surface area contributed by atoms with Gasteiger partial charge in [0.1, 0.15) is 11.6 Å². The molecule has 94 valence electrons. The molecule has 0 amide bonds. The Bertz CT molecular complexity index is 397. The van der Waals surface area contributed by atoms with Crippen LogP contribution < -0.4 is 10.5 Å². The normalized spacial score (nSPS) is 25.9. The van der Waals surface area contributed by atoms with Gasteiger partial charge in [-0.3, -0.25) is 0 Å². The van der Waals surface area contributed by atoms with Gasteiger partial charge in [0.15, 0.2) is 0 Å². The van der Waals surface area contributed by atoms with Gasteiger partial charge in [0.25, 0.3) is 0 Å². The Morgan fingerprint density at radius 3 is 2.76 bits per heavy atom. The molecule has 2 rings (SSSR count). The van der Waals surface area contributed by atoms with E-state index in [0.29, 0.717) is 11.3 Å². The molecule has 1 fully saturated rings. The molecule has 0 radical (unpaired) electrons. The maximum atomic E-state index is 13.8. The van der Waals surface area contributed by atoms with Gasteiger partial charge in [0.05, 0.1) is 25.4 Å². The molecule has 0 spiro atoms. The van der Waals surface area contributed by atoms with Crippen LogP contribution in [0.5, 0.6) is 5.75 Å². The summed E-state index contributed by atoms with van der Waals surface area (Å²) >= 11 is 0. The van der Waals surface area contributed by atoms with Gasteiger partial charge in [0, 0.05) is 11.6 Å². The van der Waals surface area contributed by atoms with Crippen molar-refractivity contribution in [2.45, 2.75) is 38.0 Å². The van der Waals surface area contributed by atoms with Crippen molar-refractivity contribution in [2.24, 2.45) is 5.73 Å². The Kier molecular flexibility index (Phi) is 3.64. The summed E-state index contributed by atoms with van der Waals surface area (Å²) in [6.07, 6.45) is 1.99. The lowest BCUT2D eigenvalue weighted by Crippen LogP contribution is -2.27. The minimum Gasteiger partial charge on any atom is -0.497 e. The molecule has 2 N–H and O–H groups in total. The maximum Gasteiger partial charge on any atom is 0.131 e. The van der Waals surface area contributed by atoms with Gasteiger partial charge >= 0.3 is 0 Å². The summed E-state index contributed by atoms with van der Waals surface area (Å²) in [7, 11) is 1.51. The van der Waals surface area contributed by atoms with Crippen molar-refractivity contribution < 1.29 is 13.9 Å². The standard InChI is InChI=1S/C13H18FNO2/c1-8-3-6-12(17-8)13(15)10-5-4-9(16-2)7-11(10)14/h4-5,7-8,12-13H,3,6,15H2,1-2H3. The number of benzene rings is 1. The predicted octanol–water partition coefficient (Wildman–Crippen LogP) is 2.40. The highest BCUT2D eigenvalue weighted by Gasteiger charge is 2.29. The van der Waals surface area contributed by atoms with Gasteiger partial charge in [0.2, 0.25) is 0 Å². The van der Waals surface area contributed by atoms with E-state index in [4.69, 9.17) is 15.2 Å². The third-order valence-corrected chi connectivity index (χ3v) is 3.23. The molecule has 1 heterocycles. The topological polar surface area (TPSA) is 44.5 Å². The third kappa shape index (κ3) is 2.58. The summed E-state index contributed by atoms with van der Waals surface area (Å²) in [5, 5.41) is 0. The second kappa shape index (κ2) is 5.02. The van der Waals surface area contributed by atoms with E-state index in [2.05, 4.69) is 0 Å². The SMILES string of the molecule is COc1ccc(C(N)C2CCC(C)O2)c(F)c1. The average molecular weight is 239 g/mol. The lowest BCUT2D eigenvalue weighted by molar-refractivity contribution is 0.0394. The van der Waals surface area contributed by atoms with Crippen LogP contribution in [0.2, 0.25) is 0 Å². The van der Waals surface area contributed by atoms with E-state index in [-0.39, 0.29) is 18.0 Å². The molecule has 1 aliphatic heterocycles. The summed E-state index contributed by atoms with van der Waals surface area (Å²) in [4.78, 5) is 0. The largest absolute Gasteiger partial charge is 0.497 e. The van der Waals surface area contributed by atoms with Crippen LogP contribution in [0.25, 0.3) is 0 Å². The zero-order valence-electron chi connectivity index (χ0n) is 10.2. The second-order valence-electron chi connectivity index (χ2n) is 4.48. The number of halogens is 1. The van der Waals surface area contributed by atoms with E-state index < -0.39 is 6.04 Å². The first-order chi connectivity index (χ1) is 8.11. The molecule has 1 aliphatic rings. The summed E-state index contributed by atoms with van der Waals surface area (Å²) < 4.78 is 24.4. The Hall–Kier alpha value is -1.13. The molecule has 0 aliphatic carbocycles. The van der Waals surface area contributed by atoms with Crippen LogP contribution in [0.4, 0.5) is 4.39 Å². The lowest BCUT2D eigenvalue weighted by Gasteiger charge is -2.20. The number of ether oxygens (including phenoxy) is 2. The van der Waals surface area contributed by atoms with Crippen LogP contribution in [-0.4, -0.2) is 19.3 Å². The second-order valence-corrected chi connectivity index (χ2v) is 4.48. The molecule has 3 unspecified atom stereocenters. The first kappa shape index (κ1) is 12.3. The molecule has 1 aromatic rings. The van der Waals surface area contributed by atoms with Gasteiger partial charge in [-0.25, -0.2) is 4.39 Å². The van der Waals surface area contributed by atoms with Crippen LogP contribution in [0.15, 0.2) is 18.2 Å². The van der Waals surface area contributed by atoms with E-state index in [1.54, 1.807) is 12.1 Å². The maximum absolute atomic E-state index is 13.8. The molecule has 1 aromatic carbocycles. The quantitative estimate of drug-likeness (QED) is 0.881. The summed E-state index contributed by atoms with van der Waals surface area (Å²) in [5.41, 5.74) is 6.54. The van der Waals surface area contributed by atoms with Crippen LogP contribution in [0.3, 0.4) is 0 Å². The minimum absolute atomic E-state index is 0.0899. The molecule has 3 nitrogen and oxygen atoms in total. The summed E-state index contributed by atoms with van der Waals surface area (Å²) in [6.45, 7) is 2.01. The fraction of sp³-hybridized carbons (Fsp3) is 0.538. The first-order valence-electron chi connectivity index (χ1n) is 5.86. The Balaban J connectivity index is 2.16. The monoisotopic (exact) mass is 239 g/mol. The zero-order chi connectivity index (χ0) is 12.4. The third-order valence-electron chi connectivity index (χ3n) is 3.23. The first-order valence-corrected chi connectivity index (χ1v) is 5.86. The molecular weight excluding hydrogens is 221 g/mol. The lowest BCUT2D eigenvalue weighted by atomic mass is 9.99. The highest BCUT2D eigenvalue weighted by atomic mass is 19.1. The predicted molar refractivity (Wildman–Crippen MR) is 63.4 cm³/mol. The Morgan fingerprint density at radius 1 is 1.47 bits per heavy atom. The van der Waals surface area contributed by atoms with E-state index >= 15 is 0 Å². The average Bonchev–Trinajstić information content (AvgIpc) is 2.75. The van der Waals surface area contributed by atoms with Crippen molar-refractivity contribution in [3.8, 4) is 5.75 Å². The van der Waals surface area contributed by atoms with Crippen molar-refractivity contribution in [2.75, 3.05) is 7.11 Å². The number of hydrogen-bond acceptors (Lipinski definition) is 3. The molecule has 3 atom stereocenters. The van der Waals surface area contributed by atoms with E-state index in [1.807, 2.05) is 6.92 Å². The van der Waals surface area contributed by atoms with Crippen molar-refractivity contribution in [3.05, 3.63) is 29.6 Å². The molecule has 0 saturated carbocycles. The summed E-state index contributed by atoms with van der Waals surface area (Å²) in [6, 6.07) is 4.33. The molecular formula is C13H18FNO2. The molecule has 0 aromatic heterocycles. The smallest absolute Gasteiger partial charge is 0.131 e. The summed E-state index contributed by atoms with van der Waals surface area (Å²) in [5.74, 6) is 0.166. The highest BCUT2D eigenvalue weighted by Crippen LogP contribution is 2.30. The van der Waals surface area contributed by atoms with E-state index in [1.165, 1.54) is 13.2 Å². The molecule has 1 saturated heterocycles. The van der Waals surface area contributed by atoms with Gasteiger partial charge in [-0.05, 0) is 25.8 Å². The van der Waals surface area contributed by atoms with Crippen LogP contribution in [-0.2, 0) is 4.74 Å². The fourth-order valence-corrected chi connectivity index (χ4v) is 2.20. The number of methoxy groups -OCH3 is 1. The van der Waals surface area contributed by atoms with E-state index in [9.17, 15) is 4.39 Å². The van der Waals surface area contributed by atoms with Crippen LogP contribution in [0, 0.1) is 5.82 Å². The molecule has 0 bridgehead atoms. The van der Waals surface area contributed by atoms with Gasteiger partial charge in [-0.2, -0.15) is 0 Å². The fourth-order valence-electron chi connectivity index (χ4n) is 2.20. The number of rotatable bonds is 3.